The van der Waals surface area contributed by atoms with Gasteiger partial charge in [0.1, 0.15) is 0 Å². The Hall–Kier alpha value is -2.70. The molecule has 0 aliphatic heterocycles. The van der Waals surface area contributed by atoms with E-state index in [1.807, 2.05) is 60.0 Å². The minimum atomic E-state index is -0.322. The molecule has 0 atom stereocenters. The first-order chi connectivity index (χ1) is 11.8. The Morgan fingerprint density at radius 1 is 1.04 bits per heavy atom. The van der Waals surface area contributed by atoms with E-state index in [4.69, 9.17) is 0 Å². The fourth-order valence-electron chi connectivity index (χ4n) is 2.27. The summed E-state index contributed by atoms with van der Waals surface area (Å²) in [5.74, 6) is 0. The molecule has 3 N–H and O–H groups in total. The van der Waals surface area contributed by atoms with E-state index in [-0.39, 0.29) is 12.6 Å². The Kier molecular flexibility index (Phi) is 5.20. The number of carbonyl (C=O) groups excluding carboxylic acids is 1. The lowest BCUT2D eigenvalue weighted by molar-refractivity contribution is 0.251. The van der Waals surface area contributed by atoms with Gasteiger partial charge in [-0.05, 0) is 11.1 Å². The highest BCUT2D eigenvalue weighted by molar-refractivity contribution is 7.14. The second-order valence-electron chi connectivity index (χ2n) is 5.14. The quantitative estimate of drug-likeness (QED) is 0.664. The average Bonchev–Trinajstić information content (AvgIpc) is 3.09. The molecule has 0 aliphatic carbocycles. The van der Waals surface area contributed by atoms with Crippen molar-refractivity contribution < 1.29 is 9.90 Å². The maximum atomic E-state index is 12.0. The predicted octanol–water partition coefficient (Wildman–Crippen LogP) is 3.62. The minimum absolute atomic E-state index is 0.0492. The monoisotopic (exact) mass is 339 g/mol. The molecule has 0 saturated heterocycles. The fourth-order valence-corrected chi connectivity index (χ4v) is 2.99. The van der Waals surface area contributed by atoms with Crippen LogP contribution in [0.2, 0.25) is 0 Å². The van der Waals surface area contributed by atoms with Crippen molar-refractivity contribution >= 4 is 22.5 Å². The molecular weight excluding hydrogens is 322 g/mol. The molecule has 0 fully saturated rings. The number of anilines is 1. The zero-order valence-electron chi connectivity index (χ0n) is 12.9. The van der Waals surface area contributed by atoms with E-state index in [9.17, 15) is 9.90 Å². The van der Waals surface area contributed by atoms with Crippen LogP contribution in [-0.2, 0) is 13.2 Å². The van der Waals surface area contributed by atoms with Gasteiger partial charge in [-0.3, -0.25) is 5.32 Å². The van der Waals surface area contributed by atoms with Gasteiger partial charge in [0.2, 0.25) is 0 Å². The molecule has 0 saturated carbocycles. The van der Waals surface area contributed by atoms with E-state index < -0.39 is 0 Å². The van der Waals surface area contributed by atoms with E-state index in [1.165, 1.54) is 11.3 Å². The lowest BCUT2D eigenvalue weighted by Gasteiger charge is -2.09. The van der Waals surface area contributed by atoms with Gasteiger partial charge in [0.25, 0.3) is 0 Å². The summed E-state index contributed by atoms with van der Waals surface area (Å²) in [6.45, 7) is 0.297. The van der Waals surface area contributed by atoms with Crippen LogP contribution in [0.25, 0.3) is 11.3 Å². The normalized spacial score (nSPS) is 10.4. The molecule has 1 heterocycles. The van der Waals surface area contributed by atoms with Crippen molar-refractivity contribution in [1.29, 1.82) is 0 Å². The zero-order chi connectivity index (χ0) is 16.8. The van der Waals surface area contributed by atoms with Crippen molar-refractivity contribution in [2.75, 3.05) is 5.32 Å². The standard InChI is InChI=1S/C18H17N3O2S/c22-11-15-9-5-4-8-14(15)10-19-17(23)21-18-20-16(12-24-18)13-6-2-1-3-7-13/h1-9,12,22H,10-11H2,(H2,19,20,21,23). The number of aliphatic hydroxyl groups is 1. The predicted molar refractivity (Wildman–Crippen MR) is 95.8 cm³/mol. The smallest absolute Gasteiger partial charge is 0.321 e. The maximum absolute atomic E-state index is 12.0. The summed E-state index contributed by atoms with van der Waals surface area (Å²) >= 11 is 1.38. The summed E-state index contributed by atoms with van der Waals surface area (Å²) in [5, 5.41) is 17.3. The maximum Gasteiger partial charge on any atom is 0.321 e. The summed E-state index contributed by atoms with van der Waals surface area (Å²) in [7, 11) is 0. The van der Waals surface area contributed by atoms with Crippen molar-refractivity contribution in [2.24, 2.45) is 0 Å². The molecule has 6 heteroatoms. The summed E-state index contributed by atoms with van der Waals surface area (Å²) in [5.41, 5.74) is 3.54. The van der Waals surface area contributed by atoms with Crippen LogP contribution in [0.5, 0.6) is 0 Å². The van der Waals surface area contributed by atoms with Crippen LogP contribution < -0.4 is 10.6 Å². The van der Waals surface area contributed by atoms with Gasteiger partial charge in [0, 0.05) is 17.5 Å². The molecule has 5 nitrogen and oxygen atoms in total. The second kappa shape index (κ2) is 7.72. The van der Waals surface area contributed by atoms with Gasteiger partial charge in [-0.2, -0.15) is 0 Å². The highest BCUT2D eigenvalue weighted by Gasteiger charge is 2.08. The van der Waals surface area contributed by atoms with Crippen LogP contribution in [0.3, 0.4) is 0 Å². The Morgan fingerprint density at radius 3 is 2.50 bits per heavy atom. The van der Waals surface area contributed by atoms with E-state index >= 15 is 0 Å². The number of benzene rings is 2. The number of amides is 2. The second-order valence-corrected chi connectivity index (χ2v) is 6.00. The van der Waals surface area contributed by atoms with Crippen LogP contribution in [0, 0.1) is 0 Å². The van der Waals surface area contributed by atoms with Crippen LogP contribution >= 0.6 is 11.3 Å². The number of urea groups is 1. The van der Waals surface area contributed by atoms with E-state index in [0.717, 1.165) is 22.4 Å². The highest BCUT2D eigenvalue weighted by atomic mass is 32.1. The number of thiazole rings is 1. The first kappa shape index (κ1) is 16.2. The summed E-state index contributed by atoms with van der Waals surface area (Å²) < 4.78 is 0. The molecule has 0 bridgehead atoms. The molecule has 24 heavy (non-hydrogen) atoms. The number of aromatic nitrogens is 1. The van der Waals surface area contributed by atoms with Crippen molar-refractivity contribution in [3.63, 3.8) is 0 Å². The van der Waals surface area contributed by atoms with Crippen molar-refractivity contribution in [3.8, 4) is 11.3 Å². The van der Waals surface area contributed by atoms with Crippen LogP contribution in [-0.4, -0.2) is 16.1 Å². The number of aliphatic hydroxyl groups excluding tert-OH is 1. The van der Waals surface area contributed by atoms with Crippen LogP contribution in [0.1, 0.15) is 11.1 Å². The van der Waals surface area contributed by atoms with Gasteiger partial charge < -0.3 is 10.4 Å². The van der Waals surface area contributed by atoms with Crippen LogP contribution in [0.15, 0.2) is 60.0 Å². The Balaban J connectivity index is 1.58. The number of hydrogen-bond acceptors (Lipinski definition) is 4. The molecule has 0 spiro atoms. The molecule has 122 valence electrons. The molecule has 3 rings (SSSR count). The Bertz CT molecular complexity index is 818. The Morgan fingerprint density at radius 2 is 1.75 bits per heavy atom. The van der Waals surface area contributed by atoms with Gasteiger partial charge in [0.05, 0.1) is 12.3 Å². The topological polar surface area (TPSA) is 74.2 Å². The molecular formula is C18H17N3O2S. The third-order valence-corrected chi connectivity index (χ3v) is 4.28. The lowest BCUT2D eigenvalue weighted by Crippen LogP contribution is -2.28. The molecule has 2 amide bonds. The third-order valence-electron chi connectivity index (χ3n) is 3.52. The molecule has 1 aromatic heterocycles. The van der Waals surface area contributed by atoms with Crippen molar-refractivity contribution in [1.82, 2.24) is 10.3 Å². The number of nitrogens with one attached hydrogen (secondary N) is 2. The van der Waals surface area contributed by atoms with E-state index in [2.05, 4.69) is 15.6 Å². The zero-order valence-corrected chi connectivity index (χ0v) is 13.7. The molecule has 0 unspecified atom stereocenters. The van der Waals surface area contributed by atoms with Crippen LogP contribution in [0.4, 0.5) is 9.93 Å². The van der Waals surface area contributed by atoms with E-state index in [1.54, 1.807) is 0 Å². The van der Waals surface area contributed by atoms with Gasteiger partial charge >= 0.3 is 6.03 Å². The fraction of sp³-hybridized carbons (Fsp3) is 0.111. The summed E-state index contributed by atoms with van der Waals surface area (Å²) in [6, 6.07) is 16.9. The summed E-state index contributed by atoms with van der Waals surface area (Å²) in [6.07, 6.45) is 0. The largest absolute Gasteiger partial charge is 0.392 e. The van der Waals surface area contributed by atoms with Gasteiger partial charge in [-0.1, -0.05) is 54.6 Å². The highest BCUT2D eigenvalue weighted by Crippen LogP contribution is 2.24. The minimum Gasteiger partial charge on any atom is -0.392 e. The molecule has 0 radical (unpaired) electrons. The lowest BCUT2D eigenvalue weighted by atomic mass is 10.1. The average molecular weight is 339 g/mol. The number of hydrogen-bond donors (Lipinski definition) is 3. The number of nitrogens with zero attached hydrogens (tertiary/aromatic N) is 1. The van der Waals surface area contributed by atoms with Crippen molar-refractivity contribution in [2.45, 2.75) is 13.2 Å². The first-order valence-corrected chi connectivity index (χ1v) is 8.37. The first-order valence-electron chi connectivity index (χ1n) is 7.49. The van der Waals surface area contributed by atoms with Crippen molar-refractivity contribution in [3.05, 3.63) is 71.1 Å². The van der Waals surface area contributed by atoms with Gasteiger partial charge in [0.15, 0.2) is 5.13 Å². The number of rotatable bonds is 5. The van der Waals surface area contributed by atoms with Gasteiger partial charge in [-0.15, -0.1) is 11.3 Å². The summed E-state index contributed by atoms with van der Waals surface area (Å²) in [4.78, 5) is 16.4. The Labute approximate surface area is 144 Å². The molecule has 3 aromatic rings. The van der Waals surface area contributed by atoms with Gasteiger partial charge in [-0.25, -0.2) is 9.78 Å². The number of carbonyl (C=O) groups is 1. The van der Waals surface area contributed by atoms with E-state index in [0.29, 0.717) is 11.7 Å². The molecule has 2 aromatic carbocycles. The third kappa shape index (κ3) is 3.98. The molecule has 0 aliphatic rings. The SMILES string of the molecule is O=C(NCc1ccccc1CO)Nc1nc(-c2ccccc2)cs1.